The van der Waals surface area contributed by atoms with Crippen LogP contribution in [-0.2, 0) is 0 Å². The quantitative estimate of drug-likeness (QED) is 0.623. The fourth-order valence-corrected chi connectivity index (χ4v) is 1.50. The summed E-state index contributed by atoms with van der Waals surface area (Å²) in [6.45, 7) is 2.17. The van der Waals surface area contributed by atoms with Crippen molar-refractivity contribution in [3.8, 4) is 17.6 Å². The van der Waals surface area contributed by atoms with E-state index < -0.39 is 6.10 Å². The molecule has 0 aliphatic carbocycles. The van der Waals surface area contributed by atoms with Gasteiger partial charge >= 0.3 is 0 Å². The maximum absolute atomic E-state index is 9.83. The molecule has 1 N–H and O–H groups in total. The molecular weight excluding hydrogens is 212 g/mol. The minimum Gasteiger partial charge on any atom is -0.497 e. The van der Waals surface area contributed by atoms with E-state index in [1.807, 2.05) is 24.3 Å². The Morgan fingerprint density at radius 1 is 1.24 bits per heavy atom. The van der Waals surface area contributed by atoms with Gasteiger partial charge in [-0.25, -0.2) is 0 Å². The van der Waals surface area contributed by atoms with E-state index in [0.717, 1.165) is 24.2 Å². The first kappa shape index (κ1) is 13.6. The van der Waals surface area contributed by atoms with Gasteiger partial charge in [0, 0.05) is 6.42 Å². The van der Waals surface area contributed by atoms with Gasteiger partial charge in [0.25, 0.3) is 0 Å². The van der Waals surface area contributed by atoms with Gasteiger partial charge in [-0.05, 0) is 24.1 Å². The van der Waals surface area contributed by atoms with Crippen LogP contribution in [0, 0.1) is 11.8 Å². The number of hydrogen-bond acceptors (Lipinski definition) is 2. The lowest BCUT2D eigenvalue weighted by molar-refractivity contribution is 0.238. The van der Waals surface area contributed by atoms with Crippen molar-refractivity contribution in [3.05, 3.63) is 29.8 Å². The molecular formula is C15H20O2. The number of unbranched alkanes of at least 4 members (excludes halogenated alkanes) is 3. The Balaban J connectivity index is 2.47. The SMILES string of the molecule is CCCCCC#CC(O)c1ccc(OC)cc1. The van der Waals surface area contributed by atoms with Crippen molar-refractivity contribution in [2.75, 3.05) is 7.11 Å². The molecule has 2 nitrogen and oxygen atoms in total. The molecule has 92 valence electrons. The highest BCUT2D eigenvalue weighted by Gasteiger charge is 2.02. The van der Waals surface area contributed by atoms with Crippen molar-refractivity contribution >= 4 is 0 Å². The molecule has 1 aromatic rings. The van der Waals surface area contributed by atoms with Crippen LogP contribution in [0.1, 0.15) is 44.3 Å². The van der Waals surface area contributed by atoms with Crippen molar-refractivity contribution in [2.24, 2.45) is 0 Å². The number of hydrogen-bond donors (Lipinski definition) is 1. The van der Waals surface area contributed by atoms with E-state index in [0.29, 0.717) is 0 Å². The van der Waals surface area contributed by atoms with E-state index in [-0.39, 0.29) is 0 Å². The van der Waals surface area contributed by atoms with E-state index >= 15 is 0 Å². The molecule has 0 aromatic heterocycles. The average Bonchev–Trinajstić information content (AvgIpc) is 2.38. The Kier molecular flexibility index (Phi) is 6.21. The van der Waals surface area contributed by atoms with Crippen LogP contribution >= 0.6 is 0 Å². The molecule has 0 aliphatic heterocycles. The Labute approximate surface area is 104 Å². The fraction of sp³-hybridized carbons (Fsp3) is 0.467. The topological polar surface area (TPSA) is 29.5 Å². The third kappa shape index (κ3) is 4.93. The Morgan fingerprint density at radius 2 is 1.94 bits per heavy atom. The van der Waals surface area contributed by atoms with Crippen molar-refractivity contribution in [1.29, 1.82) is 0 Å². The summed E-state index contributed by atoms with van der Waals surface area (Å²) in [4.78, 5) is 0. The second-order valence-corrected chi connectivity index (χ2v) is 3.95. The van der Waals surface area contributed by atoms with E-state index in [1.54, 1.807) is 7.11 Å². The van der Waals surface area contributed by atoms with E-state index in [9.17, 15) is 5.11 Å². The van der Waals surface area contributed by atoms with Gasteiger partial charge in [-0.1, -0.05) is 37.8 Å². The van der Waals surface area contributed by atoms with Crippen LogP contribution in [0.4, 0.5) is 0 Å². The van der Waals surface area contributed by atoms with Crippen LogP contribution < -0.4 is 4.74 Å². The lowest BCUT2D eigenvalue weighted by atomic mass is 10.1. The molecule has 1 aromatic carbocycles. The van der Waals surface area contributed by atoms with Crippen molar-refractivity contribution in [2.45, 2.75) is 38.7 Å². The summed E-state index contributed by atoms with van der Waals surface area (Å²) < 4.78 is 5.06. The van der Waals surface area contributed by atoms with E-state index in [4.69, 9.17) is 4.74 Å². The maximum atomic E-state index is 9.83. The monoisotopic (exact) mass is 232 g/mol. The number of benzene rings is 1. The molecule has 0 saturated carbocycles. The first-order valence-corrected chi connectivity index (χ1v) is 6.08. The number of aliphatic hydroxyl groups is 1. The second-order valence-electron chi connectivity index (χ2n) is 3.95. The summed E-state index contributed by atoms with van der Waals surface area (Å²) in [5.41, 5.74) is 0.814. The molecule has 0 heterocycles. The van der Waals surface area contributed by atoms with Crippen LogP contribution in [0.3, 0.4) is 0 Å². The van der Waals surface area contributed by atoms with Gasteiger partial charge in [-0.2, -0.15) is 0 Å². The molecule has 0 amide bonds. The molecule has 0 saturated heterocycles. The Morgan fingerprint density at radius 3 is 2.53 bits per heavy atom. The summed E-state index contributed by atoms with van der Waals surface area (Å²) in [6.07, 6.45) is 3.68. The molecule has 0 aliphatic rings. The van der Waals surface area contributed by atoms with Crippen LogP contribution in [-0.4, -0.2) is 12.2 Å². The van der Waals surface area contributed by atoms with Gasteiger partial charge in [-0.3, -0.25) is 0 Å². The lowest BCUT2D eigenvalue weighted by Gasteiger charge is -2.04. The molecule has 0 spiro atoms. The number of rotatable bonds is 5. The fourth-order valence-electron chi connectivity index (χ4n) is 1.50. The van der Waals surface area contributed by atoms with Crippen LogP contribution in [0.2, 0.25) is 0 Å². The predicted octanol–water partition coefficient (Wildman–Crippen LogP) is 3.31. The summed E-state index contributed by atoms with van der Waals surface area (Å²) in [5, 5.41) is 9.83. The second kappa shape index (κ2) is 7.76. The molecule has 2 heteroatoms. The highest BCUT2D eigenvalue weighted by Crippen LogP contribution is 2.16. The molecule has 1 rings (SSSR count). The smallest absolute Gasteiger partial charge is 0.140 e. The number of methoxy groups -OCH3 is 1. The van der Waals surface area contributed by atoms with Crippen molar-refractivity contribution < 1.29 is 9.84 Å². The maximum Gasteiger partial charge on any atom is 0.140 e. The average molecular weight is 232 g/mol. The standard InChI is InChI=1S/C15H20O2/c1-3-4-5-6-7-8-15(16)13-9-11-14(17-2)12-10-13/h9-12,15-16H,3-6H2,1-2H3. The molecule has 0 fully saturated rings. The summed E-state index contributed by atoms with van der Waals surface area (Å²) in [7, 11) is 1.62. The largest absolute Gasteiger partial charge is 0.497 e. The highest BCUT2D eigenvalue weighted by atomic mass is 16.5. The summed E-state index contributed by atoms with van der Waals surface area (Å²) >= 11 is 0. The predicted molar refractivity (Wildman–Crippen MR) is 69.9 cm³/mol. The first-order chi connectivity index (χ1) is 8.27. The van der Waals surface area contributed by atoms with Gasteiger partial charge in [0.1, 0.15) is 11.9 Å². The minimum atomic E-state index is -0.692. The zero-order valence-corrected chi connectivity index (χ0v) is 10.6. The van der Waals surface area contributed by atoms with Crippen molar-refractivity contribution in [1.82, 2.24) is 0 Å². The zero-order valence-electron chi connectivity index (χ0n) is 10.6. The van der Waals surface area contributed by atoms with Crippen LogP contribution in [0.5, 0.6) is 5.75 Å². The minimum absolute atomic E-state index is 0.692. The number of ether oxygens (including phenoxy) is 1. The Bertz CT molecular complexity index is 370. The molecule has 1 atom stereocenters. The summed E-state index contributed by atoms with van der Waals surface area (Å²) in [6, 6.07) is 7.34. The lowest BCUT2D eigenvalue weighted by Crippen LogP contribution is -1.93. The highest BCUT2D eigenvalue weighted by molar-refractivity contribution is 5.31. The van der Waals surface area contributed by atoms with E-state index in [2.05, 4.69) is 18.8 Å². The van der Waals surface area contributed by atoms with Gasteiger partial charge in [0.15, 0.2) is 0 Å². The number of aliphatic hydroxyl groups excluding tert-OH is 1. The Hall–Kier alpha value is -1.46. The molecule has 1 unspecified atom stereocenters. The van der Waals surface area contributed by atoms with E-state index in [1.165, 1.54) is 12.8 Å². The third-order valence-corrected chi connectivity index (χ3v) is 2.58. The van der Waals surface area contributed by atoms with Crippen molar-refractivity contribution in [3.63, 3.8) is 0 Å². The molecule has 0 bridgehead atoms. The van der Waals surface area contributed by atoms with Gasteiger partial charge in [0.05, 0.1) is 7.11 Å². The molecule has 0 radical (unpaired) electrons. The molecule has 17 heavy (non-hydrogen) atoms. The van der Waals surface area contributed by atoms with Crippen LogP contribution in [0.15, 0.2) is 24.3 Å². The van der Waals surface area contributed by atoms with Gasteiger partial charge in [-0.15, -0.1) is 5.92 Å². The normalized spacial score (nSPS) is 11.5. The summed E-state index contributed by atoms with van der Waals surface area (Å²) in [5.74, 6) is 6.66. The van der Waals surface area contributed by atoms with Gasteiger partial charge in [0.2, 0.25) is 0 Å². The third-order valence-electron chi connectivity index (χ3n) is 2.58. The van der Waals surface area contributed by atoms with Gasteiger partial charge < -0.3 is 9.84 Å². The van der Waals surface area contributed by atoms with Crippen LogP contribution in [0.25, 0.3) is 0 Å². The zero-order chi connectivity index (χ0) is 12.5. The first-order valence-electron chi connectivity index (χ1n) is 6.08.